The van der Waals surface area contributed by atoms with E-state index in [-0.39, 0.29) is 17.5 Å². The molecule has 0 bridgehead atoms. The molecule has 6 nitrogen and oxygen atoms in total. The monoisotopic (exact) mass is 542 g/mol. The van der Waals surface area contributed by atoms with E-state index >= 15 is 0 Å². The molecule has 41 heavy (non-hydrogen) atoms. The minimum absolute atomic E-state index is 0.149. The van der Waals surface area contributed by atoms with Crippen LogP contribution < -0.4 is 15.0 Å². The van der Waals surface area contributed by atoms with Crippen LogP contribution in [0.25, 0.3) is 21.9 Å². The number of fused-ring (bicyclic) bond motifs is 2. The number of rotatable bonds is 7. The number of amides is 1. The van der Waals surface area contributed by atoms with Crippen LogP contribution in [0.2, 0.25) is 0 Å². The SMILES string of the molecule is C[C@H](NC(=O)c1ccc2c(c1)OCCN2Cc1ccccc1-c1ccc(C(=O)O)cc1)c1ccc2ccccc2c1. The van der Waals surface area contributed by atoms with Gasteiger partial charge in [0.2, 0.25) is 0 Å². The van der Waals surface area contributed by atoms with Crippen LogP contribution in [0.5, 0.6) is 5.75 Å². The quantitative estimate of drug-likeness (QED) is 0.229. The number of hydrogen-bond acceptors (Lipinski definition) is 4. The van der Waals surface area contributed by atoms with Crippen LogP contribution in [-0.4, -0.2) is 30.1 Å². The first-order chi connectivity index (χ1) is 20.0. The van der Waals surface area contributed by atoms with E-state index < -0.39 is 5.97 Å². The highest BCUT2D eigenvalue weighted by Gasteiger charge is 2.22. The molecule has 5 aromatic carbocycles. The maximum absolute atomic E-state index is 13.2. The largest absolute Gasteiger partial charge is 0.490 e. The van der Waals surface area contributed by atoms with E-state index in [1.165, 1.54) is 5.39 Å². The van der Waals surface area contributed by atoms with Crippen LogP contribution in [0, 0.1) is 0 Å². The molecule has 0 spiro atoms. The van der Waals surface area contributed by atoms with Gasteiger partial charge < -0.3 is 20.1 Å². The fraction of sp³-hybridized carbons (Fsp3) is 0.143. The van der Waals surface area contributed by atoms with Gasteiger partial charge in [0, 0.05) is 12.1 Å². The average molecular weight is 543 g/mol. The molecule has 1 heterocycles. The fourth-order valence-corrected chi connectivity index (χ4v) is 5.36. The first-order valence-corrected chi connectivity index (χ1v) is 13.7. The molecule has 6 heteroatoms. The van der Waals surface area contributed by atoms with Crippen molar-refractivity contribution in [3.05, 3.63) is 131 Å². The molecule has 1 amide bonds. The van der Waals surface area contributed by atoms with Crippen LogP contribution in [0.3, 0.4) is 0 Å². The maximum Gasteiger partial charge on any atom is 0.335 e. The van der Waals surface area contributed by atoms with Crippen molar-refractivity contribution in [1.29, 1.82) is 0 Å². The Morgan fingerprint density at radius 3 is 2.39 bits per heavy atom. The molecule has 0 saturated carbocycles. The van der Waals surface area contributed by atoms with Crippen molar-refractivity contribution < 1.29 is 19.4 Å². The molecule has 1 atom stereocenters. The van der Waals surface area contributed by atoms with E-state index in [9.17, 15) is 14.7 Å². The van der Waals surface area contributed by atoms with Gasteiger partial charge in [-0.2, -0.15) is 0 Å². The second-order valence-corrected chi connectivity index (χ2v) is 10.3. The smallest absolute Gasteiger partial charge is 0.335 e. The molecule has 6 rings (SSSR count). The summed E-state index contributed by atoms with van der Waals surface area (Å²) in [5.74, 6) is -0.402. The van der Waals surface area contributed by atoms with Crippen molar-refractivity contribution >= 4 is 28.3 Å². The Balaban J connectivity index is 1.19. The summed E-state index contributed by atoms with van der Waals surface area (Å²) in [6, 6.07) is 35.0. The Morgan fingerprint density at radius 1 is 0.854 bits per heavy atom. The lowest BCUT2D eigenvalue weighted by Gasteiger charge is -2.32. The van der Waals surface area contributed by atoms with Gasteiger partial charge in [-0.25, -0.2) is 4.79 Å². The summed E-state index contributed by atoms with van der Waals surface area (Å²) in [7, 11) is 0. The summed E-state index contributed by atoms with van der Waals surface area (Å²) >= 11 is 0. The number of carbonyl (C=O) groups is 2. The van der Waals surface area contributed by atoms with Crippen molar-refractivity contribution in [2.75, 3.05) is 18.1 Å². The average Bonchev–Trinajstić information content (AvgIpc) is 3.01. The molecular formula is C35H30N2O4. The van der Waals surface area contributed by atoms with Gasteiger partial charge in [0.1, 0.15) is 12.4 Å². The molecule has 0 radical (unpaired) electrons. The van der Waals surface area contributed by atoms with Crippen molar-refractivity contribution in [2.24, 2.45) is 0 Å². The summed E-state index contributed by atoms with van der Waals surface area (Å²) in [6.45, 7) is 3.87. The maximum atomic E-state index is 13.2. The predicted octanol–water partition coefficient (Wildman–Crippen LogP) is 7.10. The van der Waals surface area contributed by atoms with Gasteiger partial charge in [0.15, 0.2) is 0 Å². The third-order valence-electron chi connectivity index (χ3n) is 7.62. The minimum atomic E-state index is -0.939. The molecule has 5 aromatic rings. The van der Waals surface area contributed by atoms with Crippen LogP contribution in [-0.2, 0) is 6.54 Å². The minimum Gasteiger partial charge on any atom is -0.490 e. The van der Waals surface area contributed by atoms with E-state index in [1.54, 1.807) is 12.1 Å². The zero-order valence-corrected chi connectivity index (χ0v) is 22.7. The summed E-state index contributed by atoms with van der Waals surface area (Å²) in [6.07, 6.45) is 0. The third kappa shape index (κ3) is 5.50. The van der Waals surface area contributed by atoms with Gasteiger partial charge in [-0.15, -0.1) is 0 Å². The Hall–Kier alpha value is -5.10. The second kappa shape index (κ2) is 11.2. The van der Waals surface area contributed by atoms with Gasteiger partial charge in [-0.3, -0.25) is 4.79 Å². The molecule has 0 saturated heterocycles. The summed E-state index contributed by atoms with van der Waals surface area (Å²) in [4.78, 5) is 26.7. The lowest BCUT2D eigenvalue weighted by molar-refractivity contribution is 0.0696. The first-order valence-electron chi connectivity index (χ1n) is 13.7. The number of carboxylic acids is 1. The number of hydrogen-bond donors (Lipinski definition) is 2. The molecule has 1 aliphatic heterocycles. The molecule has 0 aliphatic carbocycles. The molecule has 0 aromatic heterocycles. The van der Waals surface area contributed by atoms with E-state index in [0.29, 0.717) is 31.0 Å². The third-order valence-corrected chi connectivity index (χ3v) is 7.62. The van der Waals surface area contributed by atoms with Crippen molar-refractivity contribution in [3.63, 3.8) is 0 Å². The van der Waals surface area contributed by atoms with Crippen molar-refractivity contribution in [3.8, 4) is 16.9 Å². The number of nitrogens with zero attached hydrogens (tertiary/aromatic N) is 1. The van der Waals surface area contributed by atoms with Crippen molar-refractivity contribution in [1.82, 2.24) is 5.32 Å². The number of benzene rings is 5. The Labute approximate surface area is 238 Å². The number of anilines is 1. The summed E-state index contributed by atoms with van der Waals surface area (Å²) in [5.41, 5.74) is 5.94. The van der Waals surface area contributed by atoms with Crippen molar-refractivity contribution in [2.45, 2.75) is 19.5 Å². The number of carbonyl (C=O) groups excluding carboxylic acids is 1. The predicted molar refractivity (Wildman–Crippen MR) is 162 cm³/mol. The second-order valence-electron chi connectivity index (χ2n) is 10.3. The highest BCUT2D eigenvalue weighted by Crippen LogP contribution is 2.35. The molecule has 204 valence electrons. The zero-order valence-electron chi connectivity index (χ0n) is 22.7. The van der Waals surface area contributed by atoms with Gasteiger partial charge in [-0.05, 0) is 76.3 Å². The van der Waals surface area contributed by atoms with E-state index in [0.717, 1.165) is 33.3 Å². The summed E-state index contributed by atoms with van der Waals surface area (Å²) < 4.78 is 5.99. The summed E-state index contributed by atoms with van der Waals surface area (Å²) in [5, 5.41) is 14.7. The number of nitrogens with one attached hydrogen (secondary N) is 1. The fourth-order valence-electron chi connectivity index (χ4n) is 5.36. The standard InChI is InChI=1S/C35H30N2O4/c1-23(27-15-10-24-6-2-3-7-28(24)20-27)36-34(38)29-16-17-32-33(21-29)41-19-18-37(32)22-30-8-4-5-9-31(30)25-11-13-26(14-12-25)35(39)40/h2-17,20-21,23H,18-19,22H2,1H3,(H,36,38)(H,39,40)/t23-/m0/s1. The van der Waals surface area contributed by atoms with Gasteiger partial charge >= 0.3 is 5.97 Å². The van der Waals surface area contributed by atoms with Crippen LogP contribution in [0.4, 0.5) is 5.69 Å². The highest BCUT2D eigenvalue weighted by molar-refractivity contribution is 5.96. The topological polar surface area (TPSA) is 78.9 Å². The number of carboxylic acid groups (broad SMARTS) is 1. The van der Waals surface area contributed by atoms with Gasteiger partial charge in [0.05, 0.1) is 23.8 Å². The Morgan fingerprint density at radius 2 is 1.59 bits per heavy atom. The normalized spacial score (nSPS) is 13.2. The molecule has 2 N–H and O–H groups in total. The molecular weight excluding hydrogens is 512 g/mol. The van der Waals surface area contributed by atoms with Crippen LogP contribution >= 0.6 is 0 Å². The Bertz CT molecular complexity index is 1750. The first kappa shape index (κ1) is 26.1. The molecule has 0 fully saturated rings. The lowest BCUT2D eigenvalue weighted by atomic mass is 9.98. The van der Waals surface area contributed by atoms with E-state index in [4.69, 9.17) is 4.74 Å². The molecule has 1 aliphatic rings. The van der Waals surface area contributed by atoms with Crippen LogP contribution in [0.1, 0.15) is 44.8 Å². The zero-order chi connectivity index (χ0) is 28.3. The Kier molecular flexibility index (Phi) is 7.13. The van der Waals surface area contributed by atoms with E-state index in [2.05, 4.69) is 52.7 Å². The number of aromatic carboxylic acids is 1. The highest BCUT2D eigenvalue weighted by atomic mass is 16.5. The lowest BCUT2D eigenvalue weighted by Crippen LogP contribution is -2.33. The molecule has 0 unspecified atom stereocenters. The number of ether oxygens (including phenoxy) is 1. The van der Waals surface area contributed by atoms with E-state index in [1.807, 2.05) is 61.5 Å². The van der Waals surface area contributed by atoms with Gasteiger partial charge in [0.25, 0.3) is 5.91 Å². The van der Waals surface area contributed by atoms with Crippen LogP contribution in [0.15, 0.2) is 109 Å². The van der Waals surface area contributed by atoms with Gasteiger partial charge in [-0.1, -0.05) is 72.8 Å².